The van der Waals surface area contributed by atoms with Crippen molar-refractivity contribution in [3.05, 3.63) is 82.9 Å². The SMILES string of the molecule is Cc1nnc(CN=C(NCCc2ccc(C(F)(F)F)cc2)NC(C)c2ccccc2)n1C. The number of aliphatic imine (C=N–C) groups is 1. The molecule has 2 N–H and O–H groups in total. The summed E-state index contributed by atoms with van der Waals surface area (Å²) in [6, 6.07) is 15.2. The zero-order valence-electron chi connectivity index (χ0n) is 18.3. The maximum absolute atomic E-state index is 12.7. The Kier molecular flexibility index (Phi) is 7.50. The molecule has 9 heteroatoms. The van der Waals surface area contributed by atoms with Gasteiger partial charge in [0, 0.05) is 13.6 Å². The van der Waals surface area contributed by atoms with Crippen LogP contribution in [0.3, 0.4) is 0 Å². The van der Waals surface area contributed by atoms with Crippen LogP contribution in [-0.4, -0.2) is 27.3 Å². The first-order valence-electron chi connectivity index (χ1n) is 10.3. The van der Waals surface area contributed by atoms with Gasteiger partial charge in [-0.2, -0.15) is 13.2 Å². The number of benzene rings is 2. The van der Waals surface area contributed by atoms with Gasteiger partial charge < -0.3 is 15.2 Å². The molecule has 0 aliphatic heterocycles. The second-order valence-corrected chi connectivity index (χ2v) is 7.54. The maximum atomic E-state index is 12.7. The minimum atomic E-state index is -4.33. The number of halogens is 3. The molecule has 2 aromatic carbocycles. The summed E-state index contributed by atoms with van der Waals surface area (Å²) in [5, 5.41) is 14.8. The van der Waals surface area contributed by atoms with Crippen molar-refractivity contribution >= 4 is 5.96 Å². The highest BCUT2D eigenvalue weighted by Crippen LogP contribution is 2.29. The summed E-state index contributed by atoms with van der Waals surface area (Å²) in [5.74, 6) is 2.13. The van der Waals surface area contributed by atoms with Crippen molar-refractivity contribution in [2.75, 3.05) is 6.54 Å². The van der Waals surface area contributed by atoms with Gasteiger partial charge in [-0.1, -0.05) is 42.5 Å². The molecule has 170 valence electrons. The average molecular weight is 445 g/mol. The van der Waals surface area contributed by atoms with Crippen LogP contribution in [0.5, 0.6) is 0 Å². The number of hydrogen-bond donors (Lipinski definition) is 2. The van der Waals surface area contributed by atoms with E-state index in [0.29, 0.717) is 25.5 Å². The molecule has 1 aromatic heterocycles. The number of guanidine groups is 1. The molecule has 0 saturated heterocycles. The van der Waals surface area contributed by atoms with Crippen LogP contribution in [0.25, 0.3) is 0 Å². The van der Waals surface area contributed by atoms with Crippen molar-refractivity contribution in [1.29, 1.82) is 0 Å². The predicted octanol–water partition coefficient (Wildman–Crippen LogP) is 4.18. The van der Waals surface area contributed by atoms with Gasteiger partial charge >= 0.3 is 6.18 Å². The summed E-state index contributed by atoms with van der Waals surface area (Å²) >= 11 is 0. The highest BCUT2D eigenvalue weighted by molar-refractivity contribution is 5.80. The standard InChI is InChI=1S/C23H27F3N6/c1-16(19-7-5-4-6-8-19)29-22(28-15-21-31-30-17(2)32(21)3)27-14-13-18-9-11-20(12-10-18)23(24,25)26/h4-12,16H,13-15H2,1-3H3,(H2,27,28,29). The Balaban J connectivity index is 1.66. The van der Waals surface area contributed by atoms with Crippen LogP contribution in [0, 0.1) is 6.92 Å². The molecule has 3 rings (SSSR count). The van der Waals surface area contributed by atoms with Crippen LogP contribution in [0.1, 0.15) is 41.3 Å². The van der Waals surface area contributed by atoms with Gasteiger partial charge in [0.25, 0.3) is 0 Å². The van der Waals surface area contributed by atoms with E-state index >= 15 is 0 Å². The van der Waals surface area contributed by atoms with Crippen LogP contribution < -0.4 is 10.6 Å². The largest absolute Gasteiger partial charge is 0.416 e. The lowest BCUT2D eigenvalue weighted by Gasteiger charge is -2.19. The van der Waals surface area contributed by atoms with Crippen LogP contribution in [0.2, 0.25) is 0 Å². The predicted molar refractivity (Wildman–Crippen MR) is 118 cm³/mol. The topological polar surface area (TPSA) is 67.1 Å². The number of aryl methyl sites for hydroxylation is 1. The summed E-state index contributed by atoms with van der Waals surface area (Å²) < 4.78 is 40.1. The summed E-state index contributed by atoms with van der Waals surface area (Å²) in [6.45, 7) is 4.76. The number of nitrogens with zero attached hydrogens (tertiary/aromatic N) is 4. The summed E-state index contributed by atoms with van der Waals surface area (Å²) in [5.41, 5.74) is 1.28. The molecule has 3 aromatic rings. The molecule has 0 bridgehead atoms. The van der Waals surface area contributed by atoms with Crippen LogP contribution in [0.4, 0.5) is 13.2 Å². The molecule has 32 heavy (non-hydrogen) atoms. The summed E-state index contributed by atoms with van der Waals surface area (Å²) in [7, 11) is 1.89. The lowest BCUT2D eigenvalue weighted by atomic mass is 10.1. The molecule has 0 aliphatic carbocycles. The first kappa shape index (κ1) is 23.3. The molecule has 0 aliphatic rings. The van der Waals surface area contributed by atoms with Crippen molar-refractivity contribution in [3.8, 4) is 0 Å². The minimum absolute atomic E-state index is 0.00903. The summed E-state index contributed by atoms with van der Waals surface area (Å²) in [6.07, 6.45) is -3.77. The molecule has 0 amide bonds. The normalized spacial score (nSPS) is 13.1. The van der Waals surface area contributed by atoms with E-state index in [2.05, 4.69) is 25.8 Å². The van der Waals surface area contributed by atoms with Gasteiger partial charge in [0.1, 0.15) is 12.4 Å². The molecular weight excluding hydrogens is 417 g/mol. The van der Waals surface area contributed by atoms with Crippen molar-refractivity contribution in [2.45, 2.75) is 39.0 Å². The van der Waals surface area contributed by atoms with Crippen LogP contribution >= 0.6 is 0 Å². The van der Waals surface area contributed by atoms with Gasteiger partial charge in [-0.3, -0.25) is 0 Å². The zero-order valence-corrected chi connectivity index (χ0v) is 18.3. The van der Waals surface area contributed by atoms with Gasteiger partial charge in [0.05, 0.1) is 11.6 Å². The van der Waals surface area contributed by atoms with Crippen molar-refractivity contribution < 1.29 is 13.2 Å². The molecule has 0 radical (unpaired) electrons. The Bertz CT molecular complexity index is 1030. The van der Waals surface area contributed by atoms with E-state index in [4.69, 9.17) is 0 Å². The number of hydrogen-bond acceptors (Lipinski definition) is 3. The third-order valence-corrected chi connectivity index (χ3v) is 5.20. The van der Waals surface area contributed by atoms with E-state index in [1.165, 1.54) is 12.1 Å². The van der Waals surface area contributed by atoms with Crippen LogP contribution in [-0.2, 0) is 26.2 Å². The molecule has 0 spiro atoms. The number of rotatable bonds is 7. The van der Waals surface area contributed by atoms with E-state index < -0.39 is 11.7 Å². The van der Waals surface area contributed by atoms with Crippen molar-refractivity contribution in [2.24, 2.45) is 12.0 Å². The highest BCUT2D eigenvalue weighted by Gasteiger charge is 2.29. The Morgan fingerprint density at radius 1 is 1.06 bits per heavy atom. The Morgan fingerprint density at radius 2 is 1.75 bits per heavy atom. The molecule has 1 atom stereocenters. The highest BCUT2D eigenvalue weighted by atomic mass is 19.4. The van der Waals surface area contributed by atoms with Gasteiger partial charge in [0.2, 0.25) is 0 Å². The van der Waals surface area contributed by atoms with E-state index in [0.717, 1.165) is 34.9 Å². The molecule has 1 unspecified atom stereocenters. The molecule has 0 saturated carbocycles. The minimum Gasteiger partial charge on any atom is -0.356 e. The molecule has 0 fully saturated rings. The van der Waals surface area contributed by atoms with Crippen molar-refractivity contribution in [1.82, 2.24) is 25.4 Å². The molecule has 6 nitrogen and oxygen atoms in total. The first-order valence-corrected chi connectivity index (χ1v) is 10.3. The fraction of sp³-hybridized carbons (Fsp3) is 0.348. The lowest BCUT2D eigenvalue weighted by Crippen LogP contribution is -2.39. The first-order chi connectivity index (χ1) is 15.2. The third-order valence-electron chi connectivity index (χ3n) is 5.20. The third kappa shape index (κ3) is 6.32. The lowest BCUT2D eigenvalue weighted by molar-refractivity contribution is -0.137. The van der Waals surface area contributed by atoms with Gasteiger partial charge in [-0.25, -0.2) is 4.99 Å². The second-order valence-electron chi connectivity index (χ2n) is 7.54. The van der Waals surface area contributed by atoms with Crippen LogP contribution in [0.15, 0.2) is 59.6 Å². The van der Waals surface area contributed by atoms with Crippen molar-refractivity contribution in [3.63, 3.8) is 0 Å². The number of alkyl halides is 3. The Labute approximate surface area is 185 Å². The zero-order chi connectivity index (χ0) is 23.1. The Morgan fingerprint density at radius 3 is 2.34 bits per heavy atom. The van der Waals surface area contributed by atoms with E-state index in [9.17, 15) is 13.2 Å². The van der Waals surface area contributed by atoms with Gasteiger partial charge in [0.15, 0.2) is 11.8 Å². The monoisotopic (exact) mass is 444 g/mol. The molecular formula is C23H27F3N6. The van der Waals surface area contributed by atoms with E-state index in [-0.39, 0.29) is 6.04 Å². The number of nitrogens with one attached hydrogen (secondary N) is 2. The molecule has 1 heterocycles. The average Bonchev–Trinajstić information content (AvgIpc) is 3.09. The summed E-state index contributed by atoms with van der Waals surface area (Å²) in [4.78, 5) is 4.63. The fourth-order valence-corrected chi connectivity index (χ4v) is 3.11. The van der Waals surface area contributed by atoms with Gasteiger partial charge in [-0.05, 0) is 43.5 Å². The van der Waals surface area contributed by atoms with Gasteiger partial charge in [-0.15, -0.1) is 10.2 Å². The second kappa shape index (κ2) is 10.3. The van der Waals surface area contributed by atoms with E-state index in [1.807, 2.05) is 55.8 Å². The Hall–Kier alpha value is -3.36. The quantitative estimate of drug-likeness (QED) is 0.424. The number of aromatic nitrogens is 3. The smallest absolute Gasteiger partial charge is 0.356 e. The maximum Gasteiger partial charge on any atom is 0.416 e. The fourth-order valence-electron chi connectivity index (χ4n) is 3.11. The van der Waals surface area contributed by atoms with E-state index in [1.54, 1.807) is 0 Å².